The van der Waals surface area contributed by atoms with Crippen molar-refractivity contribution in [2.24, 2.45) is 0 Å². The van der Waals surface area contributed by atoms with Gasteiger partial charge in [0.25, 0.3) is 0 Å². The Morgan fingerprint density at radius 3 is 2.52 bits per heavy atom. The normalized spacial score (nSPS) is 23.6. The number of phenols is 1. The Kier molecular flexibility index (Phi) is 5.41. The molecule has 3 heterocycles. The number of hydrogen-bond acceptors (Lipinski definition) is 6. The monoisotopic (exact) mass is 375 g/mol. The van der Waals surface area contributed by atoms with Crippen molar-refractivity contribution in [2.45, 2.75) is 38.8 Å². The lowest BCUT2D eigenvalue weighted by Crippen LogP contribution is -2.51. The molecule has 3 aliphatic heterocycles. The van der Waals surface area contributed by atoms with E-state index in [9.17, 15) is 9.90 Å². The molecule has 1 amide bonds. The van der Waals surface area contributed by atoms with E-state index in [0.29, 0.717) is 30.6 Å². The number of nitrogens with zero attached hydrogens (tertiary/aromatic N) is 3. The van der Waals surface area contributed by atoms with Crippen LogP contribution in [0.2, 0.25) is 0 Å². The molecule has 0 radical (unpaired) electrons. The minimum absolute atomic E-state index is 0.209. The number of aromatic hydroxyl groups is 1. The van der Waals surface area contributed by atoms with E-state index in [-0.39, 0.29) is 18.4 Å². The zero-order valence-electron chi connectivity index (χ0n) is 16.0. The van der Waals surface area contributed by atoms with Gasteiger partial charge in [0.2, 0.25) is 12.7 Å². The molecule has 0 spiro atoms. The first kappa shape index (κ1) is 18.4. The van der Waals surface area contributed by atoms with Crippen LogP contribution in [-0.4, -0.2) is 77.8 Å². The Bertz CT molecular complexity index is 688. The van der Waals surface area contributed by atoms with Crippen LogP contribution in [0.1, 0.15) is 31.7 Å². The maximum Gasteiger partial charge on any atom is 0.236 e. The summed E-state index contributed by atoms with van der Waals surface area (Å²) in [5, 5.41) is 10.2. The van der Waals surface area contributed by atoms with Gasteiger partial charge in [0.1, 0.15) is 5.75 Å². The molecule has 0 bridgehead atoms. The van der Waals surface area contributed by atoms with Gasteiger partial charge in [0.15, 0.2) is 11.5 Å². The summed E-state index contributed by atoms with van der Waals surface area (Å²) in [6, 6.07) is 3.87. The van der Waals surface area contributed by atoms with Crippen LogP contribution in [0.25, 0.3) is 0 Å². The summed E-state index contributed by atoms with van der Waals surface area (Å²) in [5.41, 5.74) is 0.853. The average Bonchev–Trinajstić information content (AvgIpc) is 3.11. The Balaban J connectivity index is 1.27. The van der Waals surface area contributed by atoms with E-state index >= 15 is 0 Å². The zero-order chi connectivity index (χ0) is 18.8. The molecule has 0 saturated carbocycles. The minimum Gasteiger partial charge on any atom is -0.507 e. The summed E-state index contributed by atoms with van der Waals surface area (Å²) in [4.78, 5) is 19.2. The highest BCUT2D eigenvalue weighted by atomic mass is 16.7. The molecule has 0 aromatic heterocycles. The van der Waals surface area contributed by atoms with E-state index in [1.165, 1.54) is 6.42 Å². The van der Waals surface area contributed by atoms with Crippen molar-refractivity contribution >= 4 is 5.91 Å². The molecule has 1 atom stereocenters. The van der Waals surface area contributed by atoms with Gasteiger partial charge in [-0.1, -0.05) is 0 Å². The maximum atomic E-state index is 12.6. The van der Waals surface area contributed by atoms with Crippen LogP contribution in [0.5, 0.6) is 17.2 Å². The van der Waals surface area contributed by atoms with Crippen molar-refractivity contribution < 1.29 is 19.4 Å². The first-order valence-corrected chi connectivity index (χ1v) is 9.96. The quantitative estimate of drug-likeness (QED) is 0.863. The summed E-state index contributed by atoms with van der Waals surface area (Å²) in [6.07, 6.45) is 3.48. The molecule has 0 unspecified atom stereocenters. The first-order valence-electron chi connectivity index (χ1n) is 9.96. The Morgan fingerprint density at radius 1 is 1.07 bits per heavy atom. The Morgan fingerprint density at radius 2 is 1.78 bits per heavy atom. The van der Waals surface area contributed by atoms with Gasteiger partial charge in [-0.2, -0.15) is 0 Å². The first-order chi connectivity index (χ1) is 13.1. The summed E-state index contributed by atoms with van der Waals surface area (Å²) < 4.78 is 10.7. The molecule has 2 saturated heterocycles. The van der Waals surface area contributed by atoms with Crippen LogP contribution >= 0.6 is 0 Å². The van der Waals surface area contributed by atoms with Gasteiger partial charge in [0.05, 0.1) is 6.54 Å². The van der Waals surface area contributed by atoms with Crippen LogP contribution in [-0.2, 0) is 11.3 Å². The number of piperazine rings is 1. The highest BCUT2D eigenvalue weighted by molar-refractivity contribution is 5.78. The summed E-state index contributed by atoms with van der Waals surface area (Å²) in [7, 11) is 0. The molecule has 27 heavy (non-hydrogen) atoms. The van der Waals surface area contributed by atoms with E-state index in [0.717, 1.165) is 51.1 Å². The lowest BCUT2D eigenvalue weighted by atomic mass is 10.0. The van der Waals surface area contributed by atoms with Crippen LogP contribution < -0.4 is 9.47 Å². The van der Waals surface area contributed by atoms with Gasteiger partial charge in [-0.05, 0) is 32.3 Å². The van der Waals surface area contributed by atoms with Gasteiger partial charge in [-0.3, -0.25) is 14.6 Å². The van der Waals surface area contributed by atoms with E-state index in [4.69, 9.17) is 9.47 Å². The van der Waals surface area contributed by atoms with Gasteiger partial charge >= 0.3 is 0 Å². The van der Waals surface area contributed by atoms with Crippen LogP contribution in [0.15, 0.2) is 12.1 Å². The minimum atomic E-state index is 0.209. The number of likely N-dealkylation sites (tertiary alicyclic amines) is 1. The predicted molar refractivity (Wildman–Crippen MR) is 101 cm³/mol. The fourth-order valence-electron chi connectivity index (χ4n) is 4.20. The largest absolute Gasteiger partial charge is 0.507 e. The summed E-state index contributed by atoms with van der Waals surface area (Å²) in [5.74, 6) is 1.81. The summed E-state index contributed by atoms with van der Waals surface area (Å²) in [6.45, 7) is 7.99. The van der Waals surface area contributed by atoms with Crippen LogP contribution in [0, 0.1) is 0 Å². The van der Waals surface area contributed by atoms with Crippen LogP contribution in [0.3, 0.4) is 0 Å². The number of piperidine rings is 1. The van der Waals surface area contributed by atoms with Crippen molar-refractivity contribution in [3.63, 3.8) is 0 Å². The average molecular weight is 375 g/mol. The number of rotatable bonds is 4. The molecule has 3 aliphatic rings. The highest BCUT2D eigenvalue weighted by Gasteiger charge is 2.27. The van der Waals surface area contributed by atoms with Crippen LogP contribution in [0.4, 0.5) is 0 Å². The molecule has 2 fully saturated rings. The van der Waals surface area contributed by atoms with Crippen molar-refractivity contribution in [3.05, 3.63) is 17.7 Å². The molecular formula is C20H29N3O4. The van der Waals surface area contributed by atoms with Gasteiger partial charge in [0, 0.05) is 56.9 Å². The second-order valence-electron chi connectivity index (χ2n) is 7.82. The number of benzene rings is 1. The molecule has 7 nitrogen and oxygen atoms in total. The lowest BCUT2D eigenvalue weighted by molar-refractivity contribution is -0.136. The molecule has 1 aromatic carbocycles. The number of ether oxygens (including phenoxy) is 2. The Hall–Kier alpha value is -1.99. The highest BCUT2D eigenvalue weighted by Crippen LogP contribution is 2.38. The second-order valence-corrected chi connectivity index (χ2v) is 7.82. The summed E-state index contributed by atoms with van der Waals surface area (Å²) >= 11 is 0. The molecule has 4 rings (SSSR count). The molecule has 1 aromatic rings. The molecular weight excluding hydrogens is 346 g/mol. The van der Waals surface area contributed by atoms with Crippen molar-refractivity contribution in [1.82, 2.24) is 14.7 Å². The van der Waals surface area contributed by atoms with E-state index in [1.54, 1.807) is 6.07 Å². The smallest absolute Gasteiger partial charge is 0.236 e. The van der Waals surface area contributed by atoms with Gasteiger partial charge in [-0.15, -0.1) is 0 Å². The fraction of sp³-hybridized carbons (Fsp3) is 0.650. The number of amides is 1. The van der Waals surface area contributed by atoms with Crippen molar-refractivity contribution in [2.75, 3.05) is 46.1 Å². The van der Waals surface area contributed by atoms with Gasteiger partial charge < -0.3 is 19.5 Å². The number of carbonyl (C=O) groups is 1. The predicted octanol–water partition coefficient (Wildman–Crippen LogP) is 1.64. The molecule has 7 heteroatoms. The number of phenolic OH excluding ortho intramolecular Hbond substituents is 1. The third-order valence-corrected chi connectivity index (χ3v) is 5.91. The van der Waals surface area contributed by atoms with E-state index < -0.39 is 0 Å². The molecule has 1 N–H and O–H groups in total. The fourth-order valence-corrected chi connectivity index (χ4v) is 4.20. The standard InChI is InChI=1S/C20H29N3O4/c1-15-4-2-3-5-23(15)20(25)13-22-8-6-21(7-9-22)12-16-10-18-19(11-17(16)24)27-14-26-18/h10-11,15,24H,2-9,12-14H2,1H3/t15-/m1/s1. The van der Waals surface area contributed by atoms with Crippen molar-refractivity contribution in [1.29, 1.82) is 0 Å². The number of hydrogen-bond donors (Lipinski definition) is 1. The van der Waals surface area contributed by atoms with E-state index in [2.05, 4.69) is 21.6 Å². The van der Waals surface area contributed by atoms with Gasteiger partial charge in [-0.25, -0.2) is 0 Å². The van der Waals surface area contributed by atoms with Crippen molar-refractivity contribution in [3.8, 4) is 17.2 Å². The number of fused-ring (bicyclic) bond motifs is 1. The second kappa shape index (κ2) is 7.94. The Labute approximate surface area is 160 Å². The van der Waals surface area contributed by atoms with E-state index in [1.807, 2.05) is 6.07 Å². The zero-order valence-corrected chi connectivity index (χ0v) is 16.0. The third kappa shape index (κ3) is 4.14. The maximum absolute atomic E-state index is 12.6. The third-order valence-electron chi connectivity index (χ3n) is 5.91. The lowest BCUT2D eigenvalue weighted by Gasteiger charge is -2.38. The number of carbonyl (C=O) groups excluding carboxylic acids is 1. The molecule has 0 aliphatic carbocycles. The topological polar surface area (TPSA) is 65.5 Å². The SMILES string of the molecule is C[C@@H]1CCCCN1C(=O)CN1CCN(Cc2cc3c(cc2O)OCO3)CC1. The molecule has 148 valence electrons.